The highest BCUT2D eigenvalue weighted by Gasteiger charge is 2.31. The van der Waals surface area contributed by atoms with Crippen LogP contribution >= 0.6 is 32.9 Å². The van der Waals surface area contributed by atoms with Crippen molar-refractivity contribution >= 4 is 39.2 Å². The topological polar surface area (TPSA) is 39.2 Å². The fourth-order valence-electron chi connectivity index (χ4n) is 1.71. The molecule has 0 saturated heterocycles. The lowest BCUT2D eigenvalue weighted by atomic mass is 9.93. The molecule has 0 spiro atoms. The van der Waals surface area contributed by atoms with E-state index < -0.39 is 4.32 Å². The van der Waals surface area contributed by atoms with Crippen molar-refractivity contribution < 1.29 is 9.53 Å². The Morgan fingerprint density at radius 1 is 1.21 bits per heavy atom. The smallest absolute Gasteiger partial charge is 0.145 e. The molecule has 0 aliphatic carbocycles. The maximum absolute atomic E-state index is 11.5. The van der Waals surface area contributed by atoms with Gasteiger partial charge >= 0.3 is 0 Å². The molecule has 0 radical (unpaired) electrons. The maximum Gasteiger partial charge on any atom is 0.145 e. The number of alkyl halides is 1. The maximum atomic E-state index is 11.5. The third-order valence-corrected chi connectivity index (χ3v) is 3.86. The Kier molecular flexibility index (Phi) is 5.69. The van der Waals surface area contributed by atoms with Gasteiger partial charge in [-0.1, -0.05) is 34.1 Å². The van der Waals surface area contributed by atoms with Crippen LogP contribution in [-0.4, -0.2) is 18.4 Å². The molecule has 0 aliphatic rings. The number of aldehydes is 1. The summed E-state index contributed by atoms with van der Waals surface area (Å²) in [6.07, 6.45) is 4.22. The number of benzene rings is 1. The number of carbonyl (C=O) groups is 1. The van der Waals surface area contributed by atoms with Crippen molar-refractivity contribution in [2.75, 3.05) is 7.11 Å². The third-order valence-electron chi connectivity index (χ3n) is 2.75. The van der Waals surface area contributed by atoms with Gasteiger partial charge in [-0.25, -0.2) is 0 Å². The van der Waals surface area contributed by atoms with Gasteiger partial charge in [-0.3, -0.25) is 4.98 Å². The number of methoxy groups -OCH3 is 1. The molecule has 100 valence electrons. The van der Waals surface area contributed by atoms with Crippen LogP contribution in [0.15, 0.2) is 48.8 Å². The highest BCUT2D eigenvalue weighted by molar-refractivity contribution is 9.10. The van der Waals surface area contributed by atoms with Crippen LogP contribution in [0.4, 0.5) is 0 Å². The molecule has 0 saturated carbocycles. The number of hydrogen-bond acceptors (Lipinski definition) is 3. The van der Waals surface area contributed by atoms with Gasteiger partial charge in [0.25, 0.3) is 0 Å². The van der Waals surface area contributed by atoms with E-state index in [1.165, 1.54) is 0 Å². The first-order chi connectivity index (χ1) is 8.70. The quantitative estimate of drug-likeness (QED) is 0.596. The van der Waals surface area contributed by atoms with Gasteiger partial charge in [0, 0.05) is 12.4 Å². The van der Waals surface area contributed by atoms with E-state index in [1.807, 2.05) is 30.3 Å². The number of carbonyl (C=O) groups excluding carboxylic acids is 1. The summed E-state index contributed by atoms with van der Waals surface area (Å²) in [6, 6.07) is 11.0. The first-order valence-corrected chi connectivity index (χ1v) is 6.20. The molecular weight excluding hydrogens is 374 g/mol. The van der Waals surface area contributed by atoms with Crippen molar-refractivity contribution in [1.82, 2.24) is 4.98 Å². The monoisotopic (exact) mass is 385 g/mol. The molecule has 1 heterocycles. The highest BCUT2D eigenvalue weighted by Crippen LogP contribution is 2.36. The number of aromatic nitrogens is 1. The SMILES string of the molecule is Br.COc1ccc(C(Br)(C=O)c2cccnc2)cc1. The molecule has 1 atom stereocenters. The van der Waals surface area contributed by atoms with Crippen molar-refractivity contribution in [1.29, 1.82) is 0 Å². The fourth-order valence-corrected chi connectivity index (χ4v) is 2.21. The summed E-state index contributed by atoms with van der Waals surface area (Å²) in [6.45, 7) is 0. The predicted molar refractivity (Wildman–Crippen MR) is 83.3 cm³/mol. The lowest BCUT2D eigenvalue weighted by Crippen LogP contribution is -2.21. The molecule has 0 N–H and O–H groups in total. The van der Waals surface area contributed by atoms with E-state index in [-0.39, 0.29) is 17.0 Å². The minimum atomic E-state index is -0.868. The van der Waals surface area contributed by atoms with Gasteiger partial charge < -0.3 is 9.53 Å². The average Bonchev–Trinajstić information content (AvgIpc) is 2.47. The predicted octanol–water partition coefficient (Wildman–Crippen LogP) is 3.51. The molecule has 1 unspecified atom stereocenters. The van der Waals surface area contributed by atoms with Crippen LogP contribution in [0.2, 0.25) is 0 Å². The van der Waals surface area contributed by atoms with Crippen LogP contribution < -0.4 is 4.74 Å². The lowest BCUT2D eigenvalue weighted by molar-refractivity contribution is -0.109. The van der Waals surface area contributed by atoms with Gasteiger partial charge in [0.05, 0.1) is 7.11 Å². The Labute approximate surface area is 130 Å². The highest BCUT2D eigenvalue weighted by atomic mass is 79.9. The Balaban J connectivity index is 0.00000180. The minimum absolute atomic E-state index is 0. The average molecular weight is 387 g/mol. The van der Waals surface area contributed by atoms with Crippen LogP contribution in [0.1, 0.15) is 11.1 Å². The van der Waals surface area contributed by atoms with E-state index in [9.17, 15) is 4.79 Å². The molecule has 5 heteroatoms. The number of rotatable bonds is 4. The zero-order valence-corrected chi connectivity index (χ0v) is 13.5. The minimum Gasteiger partial charge on any atom is -0.497 e. The number of pyridine rings is 1. The van der Waals surface area contributed by atoms with Crippen molar-refractivity contribution in [3.05, 3.63) is 59.9 Å². The van der Waals surface area contributed by atoms with E-state index in [4.69, 9.17) is 4.74 Å². The zero-order valence-electron chi connectivity index (χ0n) is 10.2. The Morgan fingerprint density at radius 2 is 1.89 bits per heavy atom. The van der Waals surface area contributed by atoms with Gasteiger partial charge in [0.1, 0.15) is 16.4 Å². The van der Waals surface area contributed by atoms with Gasteiger partial charge in [0.15, 0.2) is 0 Å². The number of halogens is 2. The van der Waals surface area contributed by atoms with Crippen LogP contribution in [0.5, 0.6) is 5.75 Å². The van der Waals surface area contributed by atoms with Gasteiger partial charge in [-0.15, -0.1) is 17.0 Å². The van der Waals surface area contributed by atoms with Gasteiger partial charge in [0.2, 0.25) is 0 Å². The molecule has 19 heavy (non-hydrogen) atoms. The molecule has 1 aromatic heterocycles. The van der Waals surface area contributed by atoms with Crippen LogP contribution in [0, 0.1) is 0 Å². The van der Waals surface area contributed by atoms with E-state index in [1.54, 1.807) is 25.6 Å². The molecule has 1 aromatic carbocycles. The lowest BCUT2D eigenvalue weighted by Gasteiger charge is -2.21. The van der Waals surface area contributed by atoms with E-state index >= 15 is 0 Å². The summed E-state index contributed by atoms with van der Waals surface area (Å²) >= 11 is 3.50. The Bertz CT molecular complexity index is 531. The van der Waals surface area contributed by atoms with Crippen molar-refractivity contribution in [3.8, 4) is 5.75 Å². The van der Waals surface area contributed by atoms with E-state index in [0.717, 1.165) is 23.2 Å². The molecular formula is C14H13Br2NO2. The number of nitrogens with zero attached hydrogens (tertiary/aromatic N) is 1. The molecule has 0 fully saturated rings. The molecule has 3 nitrogen and oxygen atoms in total. The van der Waals surface area contributed by atoms with Crippen LogP contribution in [0.25, 0.3) is 0 Å². The van der Waals surface area contributed by atoms with Crippen LogP contribution in [0.3, 0.4) is 0 Å². The summed E-state index contributed by atoms with van der Waals surface area (Å²) in [5.41, 5.74) is 1.64. The van der Waals surface area contributed by atoms with Crippen molar-refractivity contribution in [2.24, 2.45) is 0 Å². The Morgan fingerprint density at radius 3 is 2.37 bits per heavy atom. The molecule has 2 aromatic rings. The summed E-state index contributed by atoms with van der Waals surface area (Å²) in [5, 5.41) is 0. The van der Waals surface area contributed by atoms with Crippen molar-refractivity contribution in [2.45, 2.75) is 4.32 Å². The summed E-state index contributed by atoms with van der Waals surface area (Å²) < 4.78 is 4.24. The first kappa shape index (κ1) is 15.9. The second kappa shape index (κ2) is 6.82. The molecule has 0 bridgehead atoms. The summed E-state index contributed by atoms with van der Waals surface area (Å²) in [7, 11) is 1.61. The number of hydrogen-bond donors (Lipinski definition) is 0. The second-order valence-electron chi connectivity index (χ2n) is 3.80. The van der Waals surface area contributed by atoms with Crippen molar-refractivity contribution in [3.63, 3.8) is 0 Å². The largest absolute Gasteiger partial charge is 0.497 e. The fraction of sp³-hybridized carbons (Fsp3) is 0.143. The van der Waals surface area contributed by atoms with Crippen LogP contribution in [-0.2, 0) is 9.12 Å². The normalized spacial score (nSPS) is 12.9. The van der Waals surface area contributed by atoms with E-state index in [2.05, 4.69) is 20.9 Å². The number of ether oxygens (including phenoxy) is 1. The standard InChI is InChI=1S/C14H12BrNO2.BrH/c1-18-13-6-4-11(5-7-13)14(15,10-17)12-3-2-8-16-9-12;/h2-10H,1H3;1H. The Hall–Kier alpha value is -1.20. The molecule has 2 rings (SSSR count). The first-order valence-electron chi connectivity index (χ1n) is 5.41. The van der Waals surface area contributed by atoms with Gasteiger partial charge in [-0.05, 0) is 29.3 Å². The molecule has 0 aliphatic heterocycles. The zero-order chi connectivity index (χ0) is 13.0. The van der Waals surface area contributed by atoms with Gasteiger partial charge in [-0.2, -0.15) is 0 Å². The summed E-state index contributed by atoms with van der Waals surface area (Å²) in [4.78, 5) is 15.5. The second-order valence-corrected chi connectivity index (χ2v) is 5.05. The third kappa shape index (κ3) is 3.22. The molecule has 0 amide bonds. The van der Waals surface area contributed by atoms with E-state index in [0.29, 0.717) is 0 Å². The summed E-state index contributed by atoms with van der Waals surface area (Å²) in [5.74, 6) is 0.755.